The molecule has 4 nitrogen and oxygen atoms in total. The summed E-state index contributed by atoms with van der Waals surface area (Å²) in [6, 6.07) is 0. The van der Waals surface area contributed by atoms with Crippen LogP contribution in [0.5, 0.6) is 0 Å². The second kappa shape index (κ2) is 2.21. The molecule has 0 aromatic carbocycles. The average Bonchev–Trinajstić information content (AvgIpc) is 2.41. The van der Waals surface area contributed by atoms with Gasteiger partial charge in [0.25, 0.3) is 0 Å². The minimum atomic E-state index is 0.501. The third-order valence-corrected chi connectivity index (χ3v) is 2.68. The fourth-order valence-electron chi connectivity index (χ4n) is 1.52. The van der Waals surface area contributed by atoms with Crippen LogP contribution >= 0.6 is 0 Å². The van der Waals surface area contributed by atoms with Crippen LogP contribution in [0, 0.1) is 11.3 Å². The molecule has 0 radical (unpaired) electrons. The van der Waals surface area contributed by atoms with Crippen molar-refractivity contribution in [3.63, 3.8) is 0 Å². The summed E-state index contributed by atoms with van der Waals surface area (Å²) in [5.74, 6) is 1.26. The van der Waals surface area contributed by atoms with E-state index >= 15 is 0 Å². The van der Waals surface area contributed by atoms with Crippen molar-refractivity contribution < 1.29 is 0 Å². The predicted octanol–water partition coefficient (Wildman–Crippen LogP) is 0.906. The minimum Gasteiger partial charge on any atom is -0.381 e. The lowest BCUT2D eigenvalue weighted by Crippen LogP contribution is -2.04. The van der Waals surface area contributed by atoms with Gasteiger partial charge in [-0.05, 0) is 17.8 Å². The summed E-state index contributed by atoms with van der Waals surface area (Å²) >= 11 is 0. The van der Waals surface area contributed by atoms with Crippen LogP contribution in [0.4, 0.5) is 5.82 Å². The lowest BCUT2D eigenvalue weighted by atomic mass is 10.1. The zero-order chi connectivity index (χ0) is 8.77. The van der Waals surface area contributed by atoms with Crippen molar-refractivity contribution in [3.8, 4) is 0 Å². The Morgan fingerprint density at radius 3 is 2.83 bits per heavy atom. The molecule has 0 aliphatic heterocycles. The molecular formula is C8H14N4. The largest absolute Gasteiger partial charge is 0.381 e. The molecule has 0 bridgehead atoms. The maximum atomic E-state index is 5.45. The van der Waals surface area contributed by atoms with Gasteiger partial charge >= 0.3 is 0 Å². The first-order valence-electron chi connectivity index (χ1n) is 4.23. The minimum absolute atomic E-state index is 0.501. The van der Waals surface area contributed by atoms with Crippen molar-refractivity contribution in [3.05, 3.63) is 6.20 Å². The number of rotatable bonds is 2. The molecule has 2 rings (SSSR count). The van der Waals surface area contributed by atoms with Crippen molar-refractivity contribution in [2.45, 2.75) is 26.8 Å². The highest BCUT2D eigenvalue weighted by atomic mass is 15.4. The summed E-state index contributed by atoms with van der Waals surface area (Å²) < 4.78 is 1.83. The maximum absolute atomic E-state index is 5.45. The van der Waals surface area contributed by atoms with Crippen LogP contribution in [0.1, 0.15) is 20.3 Å². The molecule has 1 aliphatic carbocycles. The van der Waals surface area contributed by atoms with E-state index in [1.54, 1.807) is 6.20 Å². The van der Waals surface area contributed by atoms with E-state index in [1.165, 1.54) is 6.42 Å². The zero-order valence-electron chi connectivity index (χ0n) is 7.49. The standard InChI is InChI=1S/C8H14N4/c1-8(2)3-6(8)4-12-5-7(9)10-11-12/h5-6H,3-4,9H2,1-2H3. The number of nitrogens with zero attached hydrogens (tertiary/aromatic N) is 3. The number of nitrogens with two attached hydrogens (primary N) is 1. The summed E-state index contributed by atoms with van der Waals surface area (Å²) in [5, 5.41) is 7.64. The zero-order valence-corrected chi connectivity index (χ0v) is 7.49. The molecule has 2 N–H and O–H groups in total. The Balaban J connectivity index is 1.97. The highest BCUT2D eigenvalue weighted by Crippen LogP contribution is 2.52. The van der Waals surface area contributed by atoms with Gasteiger partial charge in [0, 0.05) is 6.54 Å². The molecule has 1 heterocycles. The summed E-state index contributed by atoms with van der Waals surface area (Å²) in [6.45, 7) is 5.51. The maximum Gasteiger partial charge on any atom is 0.165 e. The Kier molecular flexibility index (Phi) is 1.40. The molecule has 1 aromatic rings. The Labute approximate surface area is 71.8 Å². The molecule has 66 valence electrons. The molecule has 1 aliphatic rings. The molecule has 1 aromatic heterocycles. The molecule has 0 amide bonds. The van der Waals surface area contributed by atoms with Gasteiger partial charge in [-0.3, -0.25) is 4.68 Å². The molecule has 1 saturated carbocycles. The molecule has 1 fully saturated rings. The lowest BCUT2D eigenvalue weighted by Gasteiger charge is -2.01. The van der Waals surface area contributed by atoms with Gasteiger partial charge < -0.3 is 5.73 Å². The van der Waals surface area contributed by atoms with Crippen molar-refractivity contribution in [1.82, 2.24) is 15.0 Å². The van der Waals surface area contributed by atoms with Gasteiger partial charge in [0.2, 0.25) is 0 Å². The van der Waals surface area contributed by atoms with E-state index in [0.717, 1.165) is 12.5 Å². The van der Waals surface area contributed by atoms with Gasteiger partial charge in [0.1, 0.15) is 0 Å². The van der Waals surface area contributed by atoms with Crippen LogP contribution in [-0.2, 0) is 6.54 Å². The molecule has 12 heavy (non-hydrogen) atoms. The third-order valence-electron chi connectivity index (χ3n) is 2.68. The van der Waals surface area contributed by atoms with Gasteiger partial charge in [0.15, 0.2) is 5.82 Å². The average molecular weight is 166 g/mol. The Bertz CT molecular complexity index is 289. The highest BCUT2D eigenvalue weighted by Gasteiger charge is 2.45. The van der Waals surface area contributed by atoms with E-state index in [4.69, 9.17) is 5.73 Å². The van der Waals surface area contributed by atoms with Crippen molar-refractivity contribution in [2.75, 3.05) is 5.73 Å². The third kappa shape index (κ3) is 1.29. The van der Waals surface area contributed by atoms with E-state index in [9.17, 15) is 0 Å². The van der Waals surface area contributed by atoms with Crippen LogP contribution in [0.25, 0.3) is 0 Å². The number of nitrogen functional groups attached to an aromatic ring is 1. The topological polar surface area (TPSA) is 56.7 Å². The van der Waals surface area contributed by atoms with Crippen LogP contribution in [0.2, 0.25) is 0 Å². The monoisotopic (exact) mass is 166 g/mol. The fourth-order valence-corrected chi connectivity index (χ4v) is 1.52. The van der Waals surface area contributed by atoms with Crippen molar-refractivity contribution in [2.24, 2.45) is 11.3 Å². The summed E-state index contributed by atoms with van der Waals surface area (Å²) in [4.78, 5) is 0. The van der Waals surface area contributed by atoms with Crippen molar-refractivity contribution in [1.29, 1.82) is 0 Å². The van der Waals surface area contributed by atoms with E-state index < -0.39 is 0 Å². The van der Waals surface area contributed by atoms with E-state index in [1.807, 2.05) is 4.68 Å². The SMILES string of the molecule is CC1(C)CC1Cn1cc(N)nn1. The van der Waals surface area contributed by atoms with Crippen LogP contribution in [-0.4, -0.2) is 15.0 Å². The second-order valence-corrected chi connectivity index (χ2v) is 4.26. The molecule has 4 heteroatoms. The summed E-state index contributed by atoms with van der Waals surface area (Å²) in [5.41, 5.74) is 5.95. The van der Waals surface area contributed by atoms with Crippen LogP contribution in [0.3, 0.4) is 0 Å². The van der Waals surface area contributed by atoms with Crippen LogP contribution in [0.15, 0.2) is 6.20 Å². The Hall–Kier alpha value is -1.06. The molecule has 1 atom stereocenters. The summed E-state index contributed by atoms with van der Waals surface area (Å²) in [7, 11) is 0. The Morgan fingerprint density at radius 1 is 1.75 bits per heavy atom. The second-order valence-electron chi connectivity index (χ2n) is 4.26. The van der Waals surface area contributed by atoms with Gasteiger partial charge in [-0.25, -0.2) is 0 Å². The van der Waals surface area contributed by atoms with Gasteiger partial charge in [0.05, 0.1) is 6.20 Å². The van der Waals surface area contributed by atoms with Crippen molar-refractivity contribution >= 4 is 5.82 Å². The highest BCUT2D eigenvalue weighted by molar-refractivity contribution is 5.19. The van der Waals surface area contributed by atoms with Gasteiger partial charge in [-0.15, -0.1) is 5.10 Å². The normalized spacial score (nSPS) is 25.7. The summed E-state index contributed by atoms with van der Waals surface area (Å²) in [6.07, 6.45) is 3.07. The Morgan fingerprint density at radius 2 is 2.42 bits per heavy atom. The number of hydrogen-bond acceptors (Lipinski definition) is 3. The van der Waals surface area contributed by atoms with E-state index in [-0.39, 0.29) is 0 Å². The molecular weight excluding hydrogens is 152 g/mol. The quantitative estimate of drug-likeness (QED) is 0.710. The molecule has 0 spiro atoms. The van der Waals surface area contributed by atoms with E-state index in [2.05, 4.69) is 24.2 Å². The number of anilines is 1. The van der Waals surface area contributed by atoms with Crippen LogP contribution < -0.4 is 5.73 Å². The first kappa shape index (κ1) is 7.58. The smallest absolute Gasteiger partial charge is 0.165 e. The first-order valence-corrected chi connectivity index (χ1v) is 4.23. The first-order chi connectivity index (χ1) is 5.58. The predicted molar refractivity (Wildman–Crippen MR) is 46.3 cm³/mol. The van der Waals surface area contributed by atoms with Gasteiger partial charge in [-0.2, -0.15) is 0 Å². The number of hydrogen-bond donors (Lipinski definition) is 1. The lowest BCUT2D eigenvalue weighted by molar-refractivity contribution is 0.464. The van der Waals surface area contributed by atoms with Gasteiger partial charge in [-0.1, -0.05) is 19.1 Å². The molecule has 1 unspecified atom stereocenters. The molecule has 0 saturated heterocycles. The van der Waals surface area contributed by atoms with E-state index in [0.29, 0.717) is 11.2 Å². The fraction of sp³-hybridized carbons (Fsp3) is 0.750. The number of aromatic nitrogens is 3.